The predicted octanol–water partition coefficient (Wildman–Crippen LogP) is 6.06. The average Bonchev–Trinajstić information content (AvgIpc) is 2.39. The summed E-state index contributed by atoms with van der Waals surface area (Å²) < 4.78 is 0. The number of halogens is 1. The second-order valence-corrected chi connectivity index (χ2v) is 6.63. The Bertz CT molecular complexity index is 346. The third kappa shape index (κ3) is 3.75. The van der Waals surface area contributed by atoms with Gasteiger partial charge >= 0.3 is 0 Å². The van der Waals surface area contributed by atoms with Crippen molar-refractivity contribution in [3.63, 3.8) is 0 Å². The Morgan fingerprint density at radius 1 is 1.06 bits per heavy atom. The lowest BCUT2D eigenvalue weighted by molar-refractivity contribution is 0.443. The minimum absolute atomic E-state index is 0.172. The van der Waals surface area contributed by atoms with Crippen molar-refractivity contribution in [1.29, 1.82) is 0 Å². The molecule has 0 heterocycles. The Morgan fingerprint density at radius 2 is 1.67 bits per heavy atom. The van der Waals surface area contributed by atoms with E-state index in [9.17, 15) is 0 Å². The summed E-state index contributed by atoms with van der Waals surface area (Å²) in [6.07, 6.45) is 8.03. The van der Waals surface area contributed by atoms with E-state index in [0.717, 1.165) is 12.3 Å². The molecule has 2 rings (SSSR count). The Labute approximate surface area is 117 Å². The summed E-state index contributed by atoms with van der Waals surface area (Å²) in [5.74, 6) is 1.46. The molecule has 100 valence electrons. The van der Waals surface area contributed by atoms with Gasteiger partial charge in [-0.25, -0.2) is 0 Å². The SMILES string of the molecule is CC(C)CC(Cl)c1ccc(C2CCCCC2)cc1. The molecule has 1 unspecified atom stereocenters. The molecule has 1 heteroatoms. The Morgan fingerprint density at radius 3 is 2.22 bits per heavy atom. The molecule has 0 amide bonds. The van der Waals surface area contributed by atoms with Gasteiger partial charge in [-0.3, -0.25) is 0 Å². The molecular weight excluding hydrogens is 240 g/mol. The fraction of sp³-hybridized carbons (Fsp3) is 0.647. The van der Waals surface area contributed by atoms with E-state index in [1.54, 1.807) is 0 Å². The summed E-state index contributed by atoms with van der Waals surface area (Å²) >= 11 is 6.44. The van der Waals surface area contributed by atoms with Gasteiger partial charge in [0.1, 0.15) is 0 Å². The van der Waals surface area contributed by atoms with E-state index in [4.69, 9.17) is 11.6 Å². The van der Waals surface area contributed by atoms with Gasteiger partial charge in [0.15, 0.2) is 0 Å². The van der Waals surface area contributed by atoms with Gasteiger partial charge in [-0.05, 0) is 42.2 Å². The number of hydrogen-bond acceptors (Lipinski definition) is 0. The molecule has 0 N–H and O–H groups in total. The second kappa shape index (κ2) is 6.61. The van der Waals surface area contributed by atoms with E-state index in [1.165, 1.54) is 43.2 Å². The molecule has 1 saturated carbocycles. The van der Waals surface area contributed by atoms with Crippen LogP contribution >= 0.6 is 11.6 Å². The van der Waals surface area contributed by atoms with Crippen LogP contribution in [-0.4, -0.2) is 0 Å². The topological polar surface area (TPSA) is 0 Å². The molecule has 0 saturated heterocycles. The Balaban J connectivity index is 2.00. The summed E-state index contributed by atoms with van der Waals surface area (Å²) in [7, 11) is 0. The smallest absolute Gasteiger partial charge is 0.0587 e. The molecule has 0 spiro atoms. The summed E-state index contributed by atoms with van der Waals surface area (Å²) in [5.41, 5.74) is 2.80. The van der Waals surface area contributed by atoms with E-state index in [1.807, 2.05) is 0 Å². The van der Waals surface area contributed by atoms with Gasteiger partial charge in [0.25, 0.3) is 0 Å². The molecule has 0 nitrogen and oxygen atoms in total. The van der Waals surface area contributed by atoms with Gasteiger partial charge in [-0.2, -0.15) is 0 Å². The summed E-state index contributed by atoms with van der Waals surface area (Å²) in [5, 5.41) is 0.172. The first-order chi connectivity index (χ1) is 8.66. The zero-order chi connectivity index (χ0) is 13.0. The maximum atomic E-state index is 6.44. The first-order valence-corrected chi connectivity index (χ1v) is 7.84. The van der Waals surface area contributed by atoms with Crippen LogP contribution < -0.4 is 0 Å². The van der Waals surface area contributed by atoms with Crippen LogP contribution in [0.2, 0.25) is 0 Å². The minimum atomic E-state index is 0.172. The van der Waals surface area contributed by atoms with Crippen LogP contribution in [0.5, 0.6) is 0 Å². The molecule has 0 aromatic heterocycles. The average molecular weight is 265 g/mol. The maximum absolute atomic E-state index is 6.44. The molecule has 1 aliphatic carbocycles. The Hall–Kier alpha value is -0.490. The number of rotatable bonds is 4. The number of hydrogen-bond donors (Lipinski definition) is 0. The zero-order valence-electron chi connectivity index (χ0n) is 11.7. The fourth-order valence-electron chi connectivity index (χ4n) is 2.96. The molecule has 18 heavy (non-hydrogen) atoms. The van der Waals surface area contributed by atoms with Gasteiger partial charge in [-0.15, -0.1) is 11.6 Å². The van der Waals surface area contributed by atoms with Crippen LogP contribution in [0.4, 0.5) is 0 Å². The van der Waals surface area contributed by atoms with E-state index >= 15 is 0 Å². The number of benzene rings is 1. The molecular formula is C17H25Cl. The quantitative estimate of drug-likeness (QED) is 0.580. The lowest BCUT2D eigenvalue weighted by atomic mass is 9.84. The van der Waals surface area contributed by atoms with Crippen molar-refractivity contribution in [3.8, 4) is 0 Å². The summed E-state index contributed by atoms with van der Waals surface area (Å²) in [6, 6.07) is 9.09. The van der Waals surface area contributed by atoms with Crippen molar-refractivity contribution in [2.75, 3.05) is 0 Å². The summed E-state index contributed by atoms with van der Waals surface area (Å²) in [6.45, 7) is 4.46. The van der Waals surface area contributed by atoms with Crippen LogP contribution in [0.15, 0.2) is 24.3 Å². The monoisotopic (exact) mass is 264 g/mol. The van der Waals surface area contributed by atoms with Crippen LogP contribution in [0.1, 0.15) is 74.8 Å². The van der Waals surface area contributed by atoms with E-state index in [-0.39, 0.29) is 5.38 Å². The molecule has 1 aromatic rings. The zero-order valence-corrected chi connectivity index (χ0v) is 12.4. The first-order valence-electron chi connectivity index (χ1n) is 7.40. The predicted molar refractivity (Wildman–Crippen MR) is 80.3 cm³/mol. The van der Waals surface area contributed by atoms with Gasteiger partial charge < -0.3 is 0 Å². The first kappa shape index (κ1) is 13.9. The fourth-order valence-corrected chi connectivity index (χ4v) is 3.46. The molecule has 0 aliphatic heterocycles. The van der Waals surface area contributed by atoms with Crippen LogP contribution in [0, 0.1) is 5.92 Å². The molecule has 1 aromatic carbocycles. The highest BCUT2D eigenvalue weighted by atomic mass is 35.5. The molecule has 1 aliphatic rings. The van der Waals surface area contributed by atoms with Gasteiger partial charge in [0.2, 0.25) is 0 Å². The second-order valence-electron chi connectivity index (χ2n) is 6.10. The largest absolute Gasteiger partial charge is 0.118 e. The van der Waals surface area contributed by atoms with Crippen molar-refractivity contribution >= 4 is 11.6 Å². The molecule has 1 fully saturated rings. The van der Waals surface area contributed by atoms with Crippen LogP contribution in [0.25, 0.3) is 0 Å². The standard InChI is InChI=1S/C17H25Cl/c1-13(2)12-17(18)16-10-8-15(9-11-16)14-6-4-3-5-7-14/h8-11,13-14,17H,3-7,12H2,1-2H3. The third-order valence-corrected chi connectivity index (χ3v) is 4.48. The highest BCUT2D eigenvalue weighted by Crippen LogP contribution is 2.34. The van der Waals surface area contributed by atoms with E-state index in [0.29, 0.717) is 5.92 Å². The van der Waals surface area contributed by atoms with Crippen molar-refractivity contribution < 1.29 is 0 Å². The van der Waals surface area contributed by atoms with Crippen molar-refractivity contribution in [1.82, 2.24) is 0 Å². The van der Waals surface area contributed by atoms with E-state index < -0.39 is 0 Å². The lowest BCUT2D eigenvalue weighted by Gasteiger charge is -2.22. The lowest BCUT2D eigenvalue weighted by Crippen LogP contribution is -2.04. The van der Waals surface area contributed by atoms with Crippen LogP contribution in [0.3, 0.4) is 0 Å². The molecule has 1 atom stereocenters. The van der Waals surface area contributed by atoms with Crippen molar-refractivity contribution in [3.05, 3.63) is 35.4 Å². The van der Waals surface area contributed by atoms with Gasteiger partial charge in [0.05, 0.1) is 5.38 Å². The Kier molecular flexibility index (Phi) is 5.12. The summed E-state index contributed by atoms with van der Waals surface area (Å²) in [4.78, 5) is 0. The number of alkyl halides is 1. The van der Waals surface area contributed by atoms with Gasteiger partial charge in [-0.1, -0.05) is 57.4 Å². The molecule has 0 radical (unpaired) electrons. The van der Waals surface area contributed by atoms with Crippen LogP contribution in [-0.2, 0) is 0 Å². The highest BCUT2D eigenvalue weighted by Gasteiger charge is 2.16. The minimum Gasteiger partial charge on any atom is -0.118 e. The highest BCUT2D eigenvalue weighted by molar-refractivity contribution is 6.20. The van der Waals surface area contributed by atoms with Crippen molar-refractivity contribution in [2.45, 2.75) is 63.7 Å². The van der Waals surface area contributed by atoms with Crippen molar-refractivity contribution in [2.24, 2.45) is 5.92 Å². The van der Waals surface area contributed by atoms with E-state index in [2.05, 4.69) is 38.1 Å². The third-order valence-electron chi connectivity index (χ3n) is 4.05. The maximum Gasteiger partial charge on any atom is 0.0587 e. The molecule has 0 bridgehead atoms. The normalized spacial score (nSPS) is 19.1. The van der Waals surface area contributed by atoms with Gasteiger partial charge in [0, 0.05) is 0 Å².